The topological polar surface area (TPSA) is 18.5 Å². The van der Waals surface area contributed by atoms with Crippen molar-refractivity contribution >= 4 is 0 Å². The molecule has 3 unspecified atom stereocenters. The van der Waals surface area contributed by atoms with Crippen LogP contribution in [-0.2, 0) is 9.47 Å². The maximum Gasteiger partial charge on any atom is 0.434 e. The van der Waals surface area contributed by atoms with Gasteiger partial charge in [-0.1, -0.05) is 13.5 Å². The molecule has 0 N–H and O–H groups in total. The van der Waals surface area contributed by atoms with Crippen molar-refractivity contribution in [3.05, 3.63) is 12.7 Å². The van der Waals surface area contributed by atoms with Gasteiger partial charge in [0, 0.05) is 0 Å². The molecule has 0 rings (SSSR count). The minimum absolute atomic E-state index is 0.0376. The van der Waals surface area contributed by atoms with Crippen LogP contribution in [-0.4, -0.2) is 47.6 Å². The molecule has 0 heterocycles. The molecule has 0 saturated heterocycles. The smallest absolute Gasteiger partial charge is 0.312 e. The highest BCUT2D eigenvalue weighted by Gasteiger charge is 2.82. The Balaban J connectivity index is 6.68. The zero-order valence-electron chi connectivity index (χ0n) is 15.4. The molecule has 174 valence electrons. The standard InChI is InChI=1S/C15H18F12O2/c1-6-10(5,28-8(16)17)12(19,14(23,24)25)15(26,27)29-9(3,4)11(18,7-2)13(20,21)22/h7-8H,2,6H2,1,3-5H3. The van der Waals surface area contributed by atoms with Crippen molar-refractivity contribution in [2.75, 3.05) is 0 Å². The lowest BCUT2D eigenvalue weighted by Crippen LogP contribution is -2.72. The summed E-state index contributed by atoms with van der Waals surface area (Å²) in [6.07, 6.45) is -21.0. The van der Waals surface area contributed by atoms with E-state index in [0.717, 1.165) is 0 Å². The summed E-state index contributed by atoms with van der Waals surface area (Å²) in [5.74, 6) is 0. The van der Waals surface area contributed by atoms with Crippen molar-refractivity contribution in [2.45, 2.75) is 81.7 Å². The second kappa shape index (κ2) is 7.82. The lowest BCUT2D eigenvalue weighted by atomic mass is 9.80. The predicted molar refractivity (Wildman–Crippen MR) is 75.9 cm³/mol. The molecule has 14 heteroatoms. The molecule has 0 aromatic rings. The molecule has 2 nitrogen and oxygen atoms in total. The Morgan fingerprint density at radius 3 is 1.48 bits per heavy atom. The third kappa shape index (κ3) is 4.47. The van der Waals surface area contributed by atoms with E-state index in [1.165, 1.54) is 0 Å². The second-order valence-electron chi connectivity index (χ2n) is 6.66. The van der Waals surface area contributed by atoms with Crippen LogP contribution >= 0.6 is 0 Å². The molecule has 0 radical (unpaired) electrons. The summed E-state index contributed by atoms with van der Waals surface area (Å²) in [4.78, 5) is 0. The number of ether oxygens (including phenoxy) is 2. The highest BCUT2D eigenvalue weighted by molar-refractivity contribution is 5.15. The van der Waals surface area contributed by atoms with Crippen molar-refractivity contribution < 1.29 is 62.2 Å². The van der Waals surface area contributed by atoms with E-state index < -0.39 is 60.1 Å². The van der Waals surface area contributed by atoms with Crippen molar-refractivity contribution in [1.82, 2.24) is 0 Å². The molecule has 0 aromatic carbocycles. The molecule has 0 aliphatic carbocycles. The SMILES string of the molecule is C=CC(F)(C(F)(F)F)C(C)(C)OC(F)(F)C(F)(C(F)(F)F)C(C)(CC)OC(F)F. The monoisotopic (exact) mass is 458 g/mol. The van der Waals surface area contributed by atoms with E-state index in [9.17, 15) is 52.7 Å². The maximum absolute atomic E-state index is 14.9. The van der Waals surface area contributed by atoms with Gasteiger partial charge in [0.25, 0.3) is 5.67 Å². The van der Waals surface area contributed by atoms with Crippen molar-refractivity contribution in [3.8, 4) is 0 Å². The fourth-order valence-electron chi connectivity index (χ4n) is 2.55. The Bertz CT molecular complexity index is 585. The van der Waals surface area contributed by atoms with Crippen LogP contribution in [0.1, 0.15) is 34.1 Å². The Labute approximate surface area is 157 Å². The lowest BCUT2D eigenvalue weighted by molar-refractivity contribution is -0.455. The maximum atomic E-state index is 14.9. The number of hydrogen-bond acceptors (Lipinski definition) is 2. The zero-order valence-corrected chi connectivity index (χ0v) is 15.4. The Morgan fingerprint density at radius 1 is 0.828 bits per heavy atom. The zero-order chi connectivity index (χ0) is 23.9. The highest BCUT2D eigenvalue weighted by atomic mass is 19.4. The van der Waals surface area contributed by atoms with Gasteiger partial charge in [0.2, 0.25) is 0 Å². The molecule has 3 atom stereocenters. The third-order valence-corrected chi connectivity index (χ3v) is 4.50. The average molecular weight is 458 g/mol. The number of hydrogen-bond donors (Lipinski definition) is 0. The number of rotatable bonds is 9. The third-order valence-electron chi connectivity index (χ3n) is 4.50. The first kappa shape index (κ1) is 27.8. The summed E-state index contributed by atoms with van der Waals surface area (Å²) >= 11 is 0. The predicted octanol–water partition coefficient (Wildman–Crippen LogP) is 6.51. The van der Waals surface area contributed by atoms with Gasteiger partial charge in [-0.05, 0) is 33.3 Å². The molecule has 0 amide bonds. The van der Waals surface area contributed by atoms with Gasteiger partial charge in [0.1, 0.15) is 11.2 Å². The molecule has 0 fully saturated rings. The Kier molecular flexibility index (Phi) is 7.50. The van der Waals surface area contributed by atoms with Crippen molar-refractivity contribution in [2.24, 2.45) is 0 Å². The molecule has 0 aromatic heterocycles. The van der Waals surface area contributed by atoms with Crippen LogP contribution in [0.15, 0.2) is 12.7 Å². The van der Waals surface area contributed by atoms with E-state index in [-0.39, 0.29) is 20.8 Å². The number of alkyl halides is 12. The van der Waals surface area contributed by atoms with Crippen LogP contribution < -0.4 is 0 Å². The summed E-state index contributed by atoms with van der Waals surface area (Å²) in [5, 5.41) is 0. The van der Waals surface area contributed by atoms with Crippen LogP contribution in [0.25, 0.3) is 0 Å². The van der Waals surface area contributed by atoms with Crippen LogP contribution in [0, 0.1) is 0 Å². The minimum atomic E-state index is -6.70. The lowest BCUT2D eigenvalue weighted by Gasteiger charge is -2.49. The van der Waals surface area contributed by atoms with E-state index in [1.807, 2.05) is 0 Å². The first-order chi connectivity index (χ1) is 12.5. The van der Waals surface area contributed by atoms with Gasteiger partial charge < -0.3 is 9.47 Å². The summed E-state index contributed by atoms with van der Waals surface area (Å²) < 4.78 is 169. The van der Waals surface area contributed by atoms with Gasteiger partial charge >= 0.3 is 30.7 Å². The Hall–Kier alpha value is -1.18. The summed E-state index contributed by atoms with van der Waals surface area (Å²) in [6.45, 7) is -1.33. The van der Waals surface area contributed by atoms with Crippen LogP contribution in [0.2, 0.25) is 0 Å². The molecule has 0 spiro atoms. The Morgan fingerprint density at radius 2 is 1.24 bits per heavy atom. The van der Waals surface area contributed by atoms with Crippen molar-refractivity contribution in [1.29, 1.82) is 0 Å². The average Bonchev–Trinajstić information content (AvgIpc) is 2.48. The first-order valence-corrected chi connectivity index (χ1v) is 7.68. The molecule has 0 aliphatic heterocycles. The largest absolute Gasteiger partial charge is 0.434 e. The molecule has 0 saturated carbocycles. The van der Waals surface area contributed by atoms with E-state index >= 15 is 0 Å². The minimum Gasteiger partial charge on any atom is -0.312 e. The van der Waals surface area contributed by atoms with E-state index in [0.29, 0.717) is 6.92 Å². The quantitative estimate of drug-likeness (QED) is 0.290. The van der Waals surface area contributed by atoms with E-state index in [4.69, 9.17) is 0 Å². The van der Waals surface area contributed by atoms with Gasteiger partial charge in [-0.25, -0.2) is 8.78 Å². The fraction of sp³-hybridized carbons (Fsp3) is 0.867. The second-order valence-corrected chi connectivity index (χ2v) is 6.66. The van der Waals surface area contributed by atoms with Crippen LogP contribution in [0.5, 0.6) is 0 Å². The molecule has 0 aliphatic rings. The van der Waals surface area contributed by atoms with Gasteiger partial charge in [-0.3, -0.25) is 0 Å². The molecule has 29 heavy (non-hydrogen) atoms. The fourth-order valence-corrected chi connectivity index (χ4v) is 2.55. The number of halogens is 12. The molecular weight excluding hydrogens is 440 g/mol. The van der Waals surface area contributed by atoms with E-state index in [2.05, 4.69) is 16.1 Å². The van der Waals surface area contributed by atoms with Crippen LogP contribution in [0.4, 0.5) is 52.7 Å². The summed E-state index contributed by atoms with van der Waals surface area (Å²) in [5.41, 5.74) is -18.9. The van der Waals surface area contributed by atoms with Gasteiger partial charge in [-0.15, -0.1) is 0 Å². The summed E-state index contributed by atoms with van der Waals surface area (Å²) in [6, 6.07) is 0. The molecular formula is C15H18F12O2. The first-order valence-electron chi connectivity index (χ1n) is 7.68. The van der Waals surface area contributed by atoms with Gasteiger partial charge in [-0.2, -0.15) is 43.9 Å². The summed E-state index contributed by atoms with van der Waals surface area (Å²) in [7, 11) is 0. The van der Waals surface area contributed by atoms with Gasteiger partial charge in [0.05, 0.1) is 0 Å². The highest BCUT2D eigenvalue weighted by Crippen LogP contribution is 2.57. The van der Waals surface area contributed by atoms with Crippen LogP contribution in [0.3, 0.4) is 0 Å². The normalized spacial score (nSPS) is 20.7. The van der Waals surface area contributed by atoms with Gasteiger partial charge in [0.15, 0.2) is 0 Å². The van der Waals surface area contributed by atoms with Crippen molar-refractivity contribution in [3.63, 3.8) is 0 Å². The molecule has 0 bridgehead atoms. The van der Waals surface area contributed by atoms with E-state index in [1.54, 1.807) is 0 Å².